The van der Waals surface area contributed by atoms with Crippen LogP contribution in [0.5, 0.6) is 11.5 Å². The van der Waals surface area contributed by atoms with Crippen LogP contribution in [0.15, 0.2) is 72.8 Å². The van der Waals surface area contributed by atoms with Crippen molar-refractivity contribution in [2.24, 2.45) is 0 Å². The van der Waals surface area contributed by atoms with Crippen molar-refractivity contribution in [1.82, 2.24) is 0 Å². The fourth-order valence-corrected chi connectivity index (χ4v) is 3.09. The number of amides is 1. The molecule has 4 heteroatoms. The number of ether oxygens (including phenoxy) is 2. The normalized spacial score (nSPS) is 11.6. The van der Waals surface area contributed by atoms with Crippen molar-refractivity contribution in [1.29, 1.82) is 0 Å². The zero-order valence-corrected chi connectivity index (χ0v) is 17.1. The smallest absolute Gasteiger partial charge is 0.265 e. The summed E-state index contributed by atoms with van der Waals surface area (Å²) in [5.41, 5.74) is 4.05. The molecule has 0 aliphatic rings. The first-order valence-corrected chi connectivity index (χ1v) is 9.86. The maximum Gasteiger partial charge on any atom is 0.265 e. The molecule has 0 fully saturated rings. The van der Waals surface area contributed by atoms with Crippen LogP contribution in [0.25, 0.3) is 0 Å². The van der Waals surface area contributed by atoms with E-state index >= 15 is 0 Å². The van der Waals surface area contributed by atoms with Crippen molar-refractivity contribution in [3.63, 3.8) is 0 Å². The largest absolute Gasteiger partial charge is 0.489 e. The second-order valence-electron chi connectivity index (χ2n) is 7.13. The maximum absolute atomic E-state index is 12.6. The highest BCUT2D eigenvalue weighted by Crippen LogP contribution is 2.21. The van der Waals surface area contributed by atoms with Gasteiger partial charge >= 0.3 is 0 Å². The fraction of sp³-hybridized carbons (Fsp3) is 0.240. The molecule has 1 N–H and O–H groups in total. The molecule has 0 aliphatic carbocycles. The molecule has 0 saturated heterocycles. The molecule has 0 aliphatic heterocycles. The van der Waals surface area contributed by atoms with E-state index in [1.807, 2.05) is 87.5 Å². The lowest BCUT2D eigenvalue weighted by atomic mass is 10.1. The Kier molecular flexibility index (Phi) is 6.90. The zero-order chi connectivity index (χ0) is 20.6. The van der Waals surface area contributed by atoms with E-state index in [2.05, 4.69) is 11.4 Å². The first-order valence-electron chi connectivity index (χ1n) is 9.86. The Bertz CT molecular complexity index is 916. The number of benzene rings is 3. The number of rotatable bonds is 8. The van der Waals surface area contributed by atoms with E-state index in [-0.39, 0.29) is 5.91 Å². The SMILES string of the molecule is CC[C@H](Oc1cc(C)cc(C)c1)C(=O)Nc1ccc(OCc2ccccc2)cc1. The van der Waals surface area contributed by atoms with Crippen molar-refractivity contribution in [2.75, 3.05) is 5.32 Å². The summed E-state index contributed by atoms with van der Waals surface area (Å²) >= 11 is 0. The summed E-state index contributed by atoms with van der Waals surface area (Å²) < 4.78 is 11.7. The standard InChI is InChI=1S/C25H27NO3/c1-4-24(29-23-15-18(2)14-19(3)16-23)25(27)26-21-10-12-22(13-11-21)28-17-20-8-6-5-7-9-20/h5-16,24H,4,17H2,1-3H3,(H,26,27)/t24-/m0/s1. The highest BCUT2D eigenvalue weighted by atomic mass is 16.5. The Morgan fingerprint density at radius 1 is 0.897 bits per heavy atom. The van der Waals surface area contributed by atoms with Crippen molar-refractivity contribution in [2.45, 2.75) is 39.9 Å². The Hall–Kier alpha value is -3.27. The summed E-state index contributed by atoms with van der Waals surface area (Å²) in [6.45, 7) is 6.48. The molecular formula is C25H27NO3. The topological polar surface area (TPSA) is 47.6 Å². The van der Waals surface area contributed by atoms with Gasteiger partial charge in [0.05, 0.1) is 0 Å². The molecule has 0 spiro atoms. The molecule has 0 unspecified atom stereocenters. The van der Waals surface area contributed by atoms with Crippen LogP contribution in [0.4, 0.5) is 5.69 Å². The van der Waals surface area contributed by atoms with Crippen molar-refractivity contribution >= 4 is 11.6 Å². The minimum Gasteiger partial charge on any atom is -0.489 e. The third kappa shape index (κ3) is 6.11. The van der Waals surface area contributed by atoms with Crippen LogP contribution in [0.3, 0.4) is 0 Å². The van der Waals surface area contributed by atoms with E-state index in [4.69, 9.17) is 9.47 Å². The Morgan fingerprint density at radius 2 is 1.55 bits per heavy atom. The quantitative estimate of drug-likeness (QED) is 0.539. The molecule has 0 aromatic heterocycles. The van der Waals surface area contributed by atoms with Gasteiger partial charge in [-0.05, 0) is 73.4 Å². The van der Waals surface area contributed by atoms with Crippen LogP contribution in [0, 0.1) is 13.8 Å². The third-order valence-electron chi connectivity index (χ3n) is 4.51. The first-order chi connectivity index (χ1) is 14.0. The van der Waals surface area contributed by atoms with Gasteiger partial charge in [0.15, 0.2) is 6.10 Å². The molecule has 0 radical (unpaired) electrons. The van der Waals surface area contributed by atoms with Crippen LogP contribution in [0.2, 0.25) is 0 Å². The predicted molar refractivity (Wildman–Crippen MR) is 116 cm³/mol. The second-order valence-corrected chi connectivity index (χ2v) is 7.13. The lowest BCUT2D eigenvalue weighted by Gasteiger charge is -2.18. The molecule has 0 heterocycles. The molecule has 0 bridgehead atoms. The third-order valence-corrected chi connectivity index (χ3v) is 4.51. The highest BCUT2D eigenvalue weighted by molar-refractivity contribution is 5.94. The number of anilines is 1. The Balaban J connectivity index is 1.57. The van der Waals surface area contributed by atoms with Crippen LogP contribution in [-0.4, -0.2) is 12.0 Å². The number of aryl methyl sites for hydroxylation is 2. The van der Waals surface area contributed by atoms with E-state index in [0.29, 0.717) is 24.5 Å². The summed E-state index contributed by atoms with van der Waals surface area (Å²) in [6, 6.07) is 23.3. The number of carbonyl (C=O) groups is 1. The van der Waals surface area contributed by atoms with Gasteiger partial charge in [-0.3, -0.25) is 4.79 Å². The molecule has 3 aromatic carbocycles. The lowest BCUT2D eigenvalue weighted by Crippen LogP contribution is -2.32. The van der Waals surface area contributed by atoms with Crippen LogP contribution < -0.4 is 14.8 Å². The number of nitrogens with one attached hydrogen (secondary N) is 1. The van der Waals surface area contributed by atoms with Gasteiger partial charge in [-0.2, -0.15) is 0 Å². The minimum atomic E-state index is -0.551. The molecular weight excluding hydrogens is 362 g/mol. The molecule has 3 aromatic rings. The summed E-state index contributed by atoms with van der Waals surface area (Å²) in [7, 11) is 0. The van der Waals surface area contributed by atoms with Gasteiger partial charge < -0.3 is 14.8 Å². The van der Waals surface area contributed by atoms with Gasteiger partial charge in [0.2, 0.25) is 0 Å². The molecule has 29 heavy (non-hydrogen) atoms. The summed E-state index contributed by atoms with van der Waals surface area (Å²) in [5, 5.41) is 2.92. The summed E-state index contributed by atoms with van der Waals surface area (Å²) in [4.78, 5) is 12.6. The Labute approximate surface area is 172 Å². The van der Waals surface area contributed by atoms with Crippen molar-refractivity contribution in [3.05, 3.63) is 89.5 Å². The summed E-state index contributed by atoms with van der Waals surface area (Å²) in [5.74, 6) is 1.31. The monoisotopic (exact) mass is 389 g/mol. The molecule has 150 valence electrons. The number of hydrogen-bond donors (Lipinski definition) is 1. The first kappa shape index (κ1) is 20.5. The van der Waals surface area contributed by atoms with Gasteiger partial charge in [0.25, 0.3) is 5.91 Å². The molecule has 4 nitrogen and oxygen atoms in total. The van der Waals surface area contributed by atoms with Gasteiger partial charge in [-0.25, -0.2) is 0 Å². The minimum absolute atomic E-state index is 0.162. The average molecular weight is 389 g/mol. The average Bonchev–Trinajstić information content (AvgIpc) is 2.71. The van der Waals surface area contributed by atoms with Crippen LogP contribution in [-0.2, 0) is 11.4 Å². The van der Waals surface area contributed by atoms with E-state index in [0.717, 1.165) is 22.4 Å². The van der Waals surface area contributed by atoms with E-state index in [9.17, 15) is 4.79 Å². The van der Waals surface area contributed by atoms with E-state index in [1.165, 1.54) is 0 Å². The van der Waals surface area contributed by atoms with Gasteiger partial charge in [0.1, 0.15) is 18.1 Å². The van der Waals surface area contributed by atoms with Gasteiger partial charge in [-0.15, -0.1) is 0 Å². The number of carbonyl (C=O) groups excluding carboxylic acids is 1. The van der Waals surface area contributed by atoms with Crippen LogP contribution >= 0.6 is 0 Å². The van der Waals surface area contributed by atoms with Crippen molar-refractivity contribution < 1.29 is 14.3 Å². The fourth-order valence-electron chi connectivity index (χ4n) is 3.09. The van der Waals surface area contributed by atoms with E-state index < -0.39 is 6.10 Å². The number of hydrogen-bond acceptors (Lipinski definition) is 3. The molecule has 1 amide bonds. The maximum atomic E-state index is 12.6. The van der Waals surface area contributed by atoms with Gasteiger partial charge in [0, 0.05) is 5.69 Å². The summed E-state index contributed by atoms with van der Waals surface area (Å²) in [6.07, 6.45) is 0.0297. The molecule has 0 saturated carbocycles. The molecule has 1 atom stereocenters. The highest BCUT2D eigenvalue weighted by Gasteiger charge is 2.19. The van der Waals surface area contributed by atoms with E-state index in [1.54, 1.807) is 0 Å². The lowest BCUT2D eigenvalue weighted by molar-refractivity contribution is -0.122. The van der Waals surface area contributed by atoms with Gasteiger partial charge in [-0.1, -0.05) is 43.3 Å². The molecule has 3 rings (SSSR count). The zero-order valence-electron chi connectivity index (χ0n) is 17.1. The van der Waals surface area contributed by atoms with Crippen molar-refractivity contribution in [3.8, 4) is 11.5 Å². The Morgan fingerprint density at radius 3 is 2.17 bits per heavy atom. The van der Waals surface area contributed by atoms with Crippen LogP contribution in [0.1, 0.15) is 30.0 Å². The predicted octanol–water partition coefficient (Wildman–Crippen LogP) is 5.68. The second kappa shape index (κ2) is 9.78.